The Morgan fingerprint density at radius 2 is 2.00 bits per heavy atom. The van der Waals surface area contributed by atoms with Crippen molar-refractivity contribution in [3.8, 4) is 29.0 Å². The Labute approximate surface area is 186 Å². The Kier molecular flexibility index (Phi) is 5.85. The summed E-state index contributed by atoms with van der Waals surface area (Å²) < 4.78 is 26.5. The molecule has 2 aromatic heterocycles. The molecule has 31 heavy (non-hydrogen) atoms. The zero-order chi connectivity index (χ0) is 22.0. The van der Waals surface area contributed by atoms with Crippen LogP contribution in [0, 0.1) is 24.1 Å². The van der Waals surface area contributed by atoms with Crippen molar-refractivity contribution < 1.29 is 13.5 Å². The van der Waals surface area contributed by atoms with Crippen LogP contribution in [-0.4, -0.2) is 15.2 Å². The Morgan fingerprint density at radius 3 is 2.77 bits per heavy atom. The summed E-state index contributed by atoms with van der Waals surface area (Å²) in [5, 5.41) is 17.5. The molecule has 0 aliphatic rings. The van der Waals surface area contributed by atoms with E-state index in [0.717, 1.165) is 5.69 Å². The maximum atomic E-state index is 15.2. The summed E-state index contributed by atoms with van der Waals surface area (Å²) in [4.78, 5) is 4.19. The van der Waals surface area contributed by atoms with E-state index in [9.17, 15) is 0 Å². The third-order valence-corrected chi connectivity index (χ3v) is 4.91. The first-order valence-electron chi connectivity index (χ1n) is 9.04. The van der Waals surface area contributed by atoms with E-state index in [2.05, 4.69) is 15.2 Å². The molecule has 0 amide bonds. The molecule has 2 aromatic carbocycles. The number of halogens is 3. The van der Waals surface area contributed by atoms with Gasteiger partial charge in [0.1, 0.15) is 5.75 Å². The normalized spacial score (nSPS) is 10.7. The molecule has 6 nitrogen and oxygen atoms in total. The molecule has 0 unspecified atom stereocenters. The van der Waals surface area contributed by atoms with Crippen LogP contribution in [0.25, 0.3) is 11.5 Å². The van der Waals surface area contributed by atoms with Crippen LogP contribution >= 0.6 is 23.2 Å². The van der Waals surface area contributed by atoms with Crippen LogP contribution in [0.1, 0.15) is 22.7 Å². The average molecular weight is 455 g/mol. The first-order valence-corrected chi connectivity index (χ1v) is 9.80. The molecule has 0 aliphatic heterocycles. The van der Waals surface area contributed by atoms with Gasteiger partial charge >= 0.3 is 0 Å². The van der Waals surface area contributed by atoms with Gasteiger partial charge in [0.2, 0.25) is 11.8 Å². The van der Waals surface area contributed by atoms with Crippen molar-refractivity contribution in [3.05, 3.63) is 87.2 Å². The SMILES string of the molecule is Cc1ncccc1-c1nnc(Cc2ccc(Cl)c(Oc3cc(Cl)cc(C#N)c3)c2F)o1. The predicted octanol–water partition coefficient (Wildman–Crippen LogP) is 6.14. The molecule has 0 spiro atoms. The largest absolute Gasteiger partial charge is 0.453 e. The van der Waals surface area contributed by atoms with Crippen LogP contribution in [-0.2, 0) is 6.42 Å². The third kappa shape index (κ3) is 4.50. The summed E-state index contributed by atoms with van der Waals surface area (Å²) in [6.45, 7) is 1.83. The number of nitriles is 1. The van der Waals surface area contributed by atoms with Crippen LogP contribution in [0.2, 0.25) is 10.0 Å². The molecule has 0 aliphatic carbocycles. The molecular formula is C22H13Cl2FN4O2. The number of nitrogens with zero attached hydrogens (tertiary/aromatic N) is 4. The monoisotopic (exact) mass is 454 g/mol. The lowest BCUT2D eigenvalue weighted by Gasteiger charge is -2.11. The Bertz CT molecular complexity index is 1320. The standard InChI is InChI=1S/C22H13Cl2FN4O2/c1-12-17(3-2-6-27-12)22-29-28-19(31-22)9-14-4-5-18(24)21(20(14)25)30-16-8-13(11-26)7-15(23)10-16/h2-8,10H,9H2,1H3. The second kappa shape index (κ2) is 8.72. The van der Waals surface area contributed by atoms with Crippen LogP contribution < -0.4 is 4.74 Å². The highest BCUT2D eigenvalue weighted by Crippen LogP contribution is 2.36. The molecular weight excluding hydrogens is 442 g/mol. The van der Waals surface area contributed by atoms with E-state index < -0.39 is 5.82 Å². The molecule has 154 valence electrons. The minimum Gasteiger partial charge on any atom is -0.453 e. The minimum absolute atomic E-state index is 0.0324. The van der Waals surface area contributed by atoms with Crippen LogP contribution in [0.4, 0.5) is 4.39 Å². The van der Waals surface area contributed by atoms with E-state index in [1.54, 1.807) is 12.3 Å². The van der Waals surface area contributed by atoms with E-state index in [-0.39, 0.29) is 45.0 Å². The molecule has 4 rings (SSSR count). The zero-order valence-corrected chi connectivity index (χ0v) is 17.6. The highest BCUT2D eigenvalue weighted by Gasteiger charge is 2.19. The van der Waals surface area contributed by atoms with E-state index in [1.165, 1.54) is 30.3 Å². The fourth-order valence-electron chi connectivity index (χ4n) is 2.91. The van der Waals surface area contributed by atoms with Gasteiger partial charge in [0.15, 0.2) is 11.6 Å². The minimum atomic E-state index is -0.678. The molecule has 2 heterocycles. The van der Waals surface area contributed by atoms with Gasteiger partial charge < -0.3 is 9.15 Å². The van der Waals surface area contributed by atoms with Crippen molar-refractivity contribution in [2.24, 2.45) is 0 Å². The maximum Gasteiger partial charge on any atom is 0.249 e. The second-order valence-electron chi connectivity index (χ2n) is 6.55. The molecule has 4 aromatic rings. The van der Waals surface area contributed by atoms with Gasteiger partial charge in [-0.3, -0.25) is 4.98 Å². The number of benzene rings is 2. The van der Waals surface area contributed by atoms with Crippen LogP contribution in [0.5, 0.6) is 11.5 Å². The second-order valence-corrected chi connectivity index (χ2v) is 7.40. The smallest absolute Gasteiger partial charge is 0.249 e. The summed E-state index contributed by atoms with van der Waals surface area (Å²) in [5.41, 5.74) is 1.97. The van der Waals surface area contributed by atoms with Crippen molar-refractivity contribution in [3.63, 3.8) is 0 Å². The molecule has 0 radical (unpaired) electrons. The van der Waals surface area contributed by atoms with Gasteiger partial charge in [0.05, 0.1) is 28.6 Å². The van der Waals surface area contributed by atoms with Crippen molar-refractivity contribution in [2.45, 2.75) is 13.3 Å². The fraction of sp³-hybridized carbons (Fsp3) is 0.0909. The van der Waals surface area contributed by atoms with Crippen LogP contribution in [0.15, 0.2) is 53.1 Å². The molecule has 0 bridgehead atoms. The topological polar surface area (TPSA) is 84.8 Å². The molecule has 9 heteroatoms. The first-order chi connectivity index (χ1) is 14.9. The number of aromatic nitrogens is 3. The maximum absolute atomic E-state index is 15.2. The van der Waals surface area contributed by atoms with Gasteiger partial charge in [-0.05, 0) is 43.3 Å². The number of rotatable bonds is 5. The van der Waals surface area contributed by atoms with Gasteiger partial charge in [0.25, 0.3) is 0 Å². The van der Waals surface area contributed by atoms with E-state index in [4.69, 9.17) is 37.6 Å². The Morgan fingerprint density at radius 1 is 1.16 bits per heavy atom. The van der Waals surface area contributed by atoms with E-state index in [1.807, 2.05) is 19.1 Å². The van der Waals surface area contributed by atoms with Crippen molar-refractivity contribution in [1.82, 2.24) is 15.2 Å². The average Bonchev–Trinajstić information content (AvgIpc) is 3.21. The molecule has 0 N–H and O–H groups in total. The van der Waals surface area contributed by atoms with Gasteiger partial charge in [-0.2, -0.15) is 5.26 Å². The summed E-state index contributed by atoms with van der Waals surface area (Å²) >= 11 is 12.1. The number of hydrogen-bond acceptors (Lipinski definition) is 6. The third-order valence-electron chi connectivity index (χ3n) is 4.40. The number of hydrogen-bond donors (Lipinski definition) is 0. The van der Waals surface area contributed by atoms with Gasteiger partial charge in [-0.25, -0.2) is 4.39 Å². The van der Waals surface area contributed by atoms with Gasteiger partial charge in [-0.15, -0.1) is 10.2 Å². The molecule has 0 saturated heterocycles. The number of ether oxygens (including phenoxy) is 1. The van der Waals surface area contributed by atoms with Crippen molar-refractivity contribution in [1.29, 1.82) is 5.26 Å². The fourth-order valence-corrected chi connectivity index (χ4v) is 3.32. The summed E-state index contributed by atoms with van der Waals surface area (Å²) in [6.07, 6.45) is 1.70. The lowest BCUT2D eigenvalue weighted by molar-refractivity contribution is 0.437. The number of aryl methyl sites for hydroxylation is 1. The van der Waals surface area contributed by atoms with E-state index >= 15 is 4.39 Å². The lowest BCUT2D eigenvalue weighted by atomic mass is 10.1. The first kappa shape index (κ1) is 20.8. The lowest BCUT2D eigenvalue weighted by Crippen LogP contribution is -1.98. The molecule has 0 atom stereocenters. The Balaban J connectivity index is 1.62. The quantitative estimate of drug-likeness (QED) is 0.359. The summed E-state index contributed by atoms with van der Waals surface area (Å²) in [7, 11) is 0. The zero-order valence-electron chi connectivity index (χ0n) is 16.1. The Hall–Kier alpha value is -3.47. The summed E-state index contributed by atoms with van der Waals surface area (Å²) in [5.74, 6) is -0.153. The van der Waals surface area contributed by atoms with Crippen LogP contribution in [0.3, 0.4) is 0 Å². The highest BCUT2D eigenvalue weighted by atomic mass is 35.5. The van der Waals surface area contributed by atoms with E-state index in [0.29, 0.717) is 11.5 Å². The molecule has 0 fully saturated rings. The predicted molar refractivity (Wildman–Crippen MR) is 113 cm³/mol. The highest BCUT2D eigenvalue weighted by molar-refractivity contribution is 6.32. The van der Waals surface area contributed by atoms with Gasteiger partial charge in [0, 0.05) is 22.5 Å². The van der Waals surface area contributed by atoms with Crippen molar-refractivity contribution >= 4 is 23.2 Å². The number of pyridine rings is 1. The summed E-state index contributed by atoms with van der Waals surface area (Å²) in [6, 6.07) is 12.9. The van der Waals surface area contributed by atoms with Crippen molar-refractivity contribution in [2.75, 3.05) is 0 Å². The molecule has 0 saturated carbocycles. The van der Waals surface area contributed by atoms with Gasteiger partial charge in [-0.1, -0.05) is 29.3 Å².